The highest BCUT2D eigenvalue weighted by Gasteiger charge is 2.23. The molecule has 0 atom stereocenters. The fourth-order valence-corrected chi connectivity index (χ4v) is 5.06. The Morgan fingerprint density at radius 1 is 1.30 bits per heavy atom. The van der Waals surface area contributed by atoms with Gasteiger partial charge in [0.2, 0.25) is 10.0 Å². The number of aromatic nitrogens is 3. The zero-order chi connectivity index (χ0) is 22.5. The zero-order valence-electron chi connectivity index (χ0n) is 17.3. The molecular weight excluding hydrogens is 424 g/mol. The van der Waals surface area contributed by atoms with Crippen molar-refractivity contribution in [3.05, 3.63) is 35.5 Å². The van der Waals surface area contributed by atoms with Crippen molar-refractivity contribution < 1.29 is 13.2 Å². The van der Waals surface area contributed by atoms with Gasteiger partial charge in [-0.15, -0.1) is 10.2 Å². The van der Waals surface area contributed by atoms with Crippen LogP contribution in [0.3, 0.4) is 0 Å². The molecule has 0 saturated carbocycles. The van der Waals surface area contributed by atoms with Crippen molar-refractivity contribution in [1.29, 1.82) is 5.26 Å². The van der Waals surface area contributed by atoms with E-state index in [0.717, 1.165) is 11.8 Å². The molecule has 0 spiro atoms. The van der Waals surface area contributed by atoms with E-state index in [9.17, 15) is 13.2 Å². The van der Waals surface area contributed by atoms with Gasteiger partial charge in [0.1, 0.15) is 11.6 Å². The summed E-state index contributed by atoms with van der Waals surface area (Å²) in [4.78, 5) is 12.3. The Morgan fingerprint density at radius 2 is 1.97 bits per heavy atom. The first-order chi connectivity index (χ1) is 14.2. The number of nitrogens with zero attached hydrogens (tertiary/aromatic N) is 5. The minimum absolute atomic E-state index is 0.0141. The highest BCUT2D eigenvalue weighted by Crippen LogP contribution is 2.26. The van der Waals surface area contributed by atoms with Crippen molar-refractivity contribution >= 4 is 27.6 Å². The minimum Gasteiger partial charge on any atom is -0.401 e. The van der Waals surface area contributed by atoms with E-state index in [1.807, 2.05) is 6.07 Å². The van der Waals surface area contributed by atoms with Gasteiger partial charge in [0.15, 0.2) is 16.8 Å². The minimum atomic E-state index is -3.60. The fourth-order valence-electron chi connectivity index (χ4n) is 2.77. The molecule has 0 aliphatic heterocycles. The molecule has 0 bridgehead atoms. The van der Waals surface area contributed by atoms with Gasteiger partial charge in [0.05, 0.1) is 10.6 Å². The molecule has 0 unspecified atom stereocenters. The second-order valence-electron chi connectivity index (χ2n) is 6.36. The average Bonchev–Trinajstić information content (AvgIpc) is 3.08. The maximum atomic E-state index is 12.8. The van der Waals surface area contributed by atoms with Crippen LogP contribution in [0, 0.1) is 11.3 Å². The number of hydrogen-bond acceptors (Lipinski definition) is 8. The highest BCUT2D eigenvalue weighted by atomic mass is 32.2. The molecule has 2 rings (SSSR count). The lowest BCUT2D eigenvalue weighted by Gasteiger charge is -2.18. The molecule has 0 fully saturated rings. The molecule has 11 heteroatoms. The number of hydrogen-bond donors (Lipinski definition) is 1. The van der Waals surface area contributed by atoms with Crippen molar-refractivity contribution in [2.45, 2.75) is 30.8 Å². The lowest BCUT2D eigenvalue weighted by molar-refractivity contribution is -0.112. The van der Waals surface area contributed by atoms with Crippen molar-refractivity contribution in [1.82, 2.24) is 19.1 Å². The van der Waals surface area contributed by atoms with Crippen molar-refractivity contribution in [2.75, 3.05) is 18.8 Å². The number of Topliss-reactive ketones (excluding diaryl/α,β-unsaturated/α-hetero) is 1. The summed E-state index contributed by atoms with van der Waals surface area (Å²) in [5.74, 6) is 0.0618. The third-order valence-electron chi connectivity index (χ3n) is 4.39. The van der Waals surface area contributed by atoms with Gasteiger partial charge in [-0.3, -0.25) is 4.79 Å². The van der Waals surface area contributed by atoms with Crippen LogP contribution in [0.25, 0.3) is 11.4 Å². The number of carbonyl (C=O) groups is 1. The first kappa shape index (κ1) is 23.6. The van der Waals surface area contributed by atoms with E-state index < -0.39 is 10.0 Å². The van der Waals surface area contributed by atoms with E-state index in [0.29, 0.717) is 29.6 Å². The zero-order valence-corrected chi connectivity index (χ0v) is 18.9. The Bertz CT molecular complexity index is 1110. The predicted molar refractivity (Wildman–Crippen MR) is 115 cm³/mol. The molecule has 0 aliphatic rings. The Hall–Kier alpha value is -2.68. The van der Waals surface area contributed by atoms with Crippen LogP contribution < -0.4 is 5.73 Å². The maximum Gasteiger partial charge on any atom is 0.243 e. The SMILES string of the molecule is CCN(CC)S(=O)(=O)c1cccc(-c2nnc(SCC(=O)C(C#N)=C(C)N)n2C)c1. The fraction of sp³-hybridized carbons (Fsp3) is 0.368. The normalized spacial score (nSPS) is 12.5. The molecular formula is C19H24N6O3S2. The standard InChI is InChI=1S/C19H24N6O3S2/c1-5-25(6-2)30(27,28)15-9-7-8-14(10-15)18-22-23-19(24(18)4)29-12-17(26)16(11-20)13(3)21/h7-10H,5-6,12,21H2,1-4H3. The van der Waals surface area contributed by atoms with E-state index in [2.05, 4.69) is 10.2 Å². The monoisotopic (exact) mass is 448 g/mol. The average molecular weight is 449 g/mol. The summed E-state index contributed by atoms with van der Waals surface area (Å²) in [6.45, 7) is 5.84. The Morgan fingerprint density at radius 3 is 2.53 bits per heavy atom. The van der Waals surface area contributed by atoms with E-state index >= 15 is 0 Å². The van der Waals surface area contributed by atoms with Gasteiger partial charge in [0, 0.05) is 31.4 Å². The van der Waals surface area contributed by atoms with E-state index in [4.69, 9.17) is 11.0 Å². The number of carbonyl (C=O) groups excluding carboxylic acids is 1. The van der Waals surface area contributed by atoms with Crippen molar-refractivity contribution in [3.8, 4) is 17.5 Å². The predicted octanol–water partition coefficient (Wildman–Crippen LogP) is 1.93. The summed E-state index contributed by atoms with van der Waals surface area (Å²) in [7, 11) is -1.88. The molecule has 30 heavy (non-hydrogen) atoms. The lowest BCUT2D eigenvalue weighted by atomic mass is 10.2. The van der Waals surface area contributed by atoms with Gasteiger partial charge in [0.25, 0.3) is 0 Å². The molecule has 2 aromatic rings. The smallest absolute Gasteiger partial charge is 0.243 e. The van der Waals surface area contributed by atoms with Gasteiger partial charge in [-0.25, -0.2) is 8.42 Å². The maximum absolute atomic E-state index is 12.8. The molecule has 1 heterocycles. The lowest BCUT2D eigenvalue weighted by Crippen LogP contribution is -2.30. The Balaban J connectivity index is 2.30. The highest BCUT2D eigenvalue weighted by molar-refractivity contribution is 7.99. The van der Waals surface area contributed by atoms with Crippen LogP contribution in [-0.2, 0) is 21.9 Å². The van der Waals surface area contributed by atoms with Gasteiger partial charge < -0.3 is 10.3 Å². The van der Waals surface area contributed by atoms with Crippen LogP contribution in [-0.4, -0.2) is 52.1 Å². The number of sulfonamides is 1. The molecule has 0 saturated heterocycles. The van der Waals surface area contributed by atoms with Gasteiger partial charge in [-0.05, 0) is 19.1 Å². The summed E-state index contributed by atoms with van der Waals surface area (Å²) < 4.78 is 28.6. The van der Waals surface area contributed by atoms with Crippen LogP contribution in [0.1, 0.15) is 20.8 Å². The molecule has 0 aliphatic carbocycles. The number of allylic oxidation sites excluding steroid dienone is 2. The molecule has 1 aromatic heterocycles. The van der Waals surface area contributed by atoms with Gasteiger partial charge in [-0.1, -0.05) is 37.7 Å². The van der Waals surface area contributed by atoms with Crippen LogP contribution in [0.4, 0.5) is 0 Å². The molecule has 0 radical (unpaired) electrons. The van der Waals surface area contributed by atoms with E-state index in [1.54, 1.807) is 49.7 Å². The molecule has 160 valence electrons. The number of nitriles is 1. The summed E-state index contributed by atoms with van der Waals surface area (Å²) >= 11 is 1.13. The second kappa shape index (κ2) is 9.88. The van der Waals surface area contributed by atoms with E-state index in [1.165, 1.54) is 11.2 Å². The topological polar surface area (TPSA) is 135 Å². The van der Waals surface area contributed by atoms with Crippen molar-refractivity contribution in [3.63, 3.8) is 0 Å². The number of nitrogens with two attached hydrogens (primary N) is 1. The Labute approximate surface area is 180 Å². The van der Waals surface area contributed by atoms with Crippen molar-refractivity contribution in [2.24, 2.45) is 12.8 Å². The number of thioether (sulfide) groups is 1. The molecule has 1 aromatic carbocycles. The van der Waals surface area contributed by atoms with E-state index in [-0.39, 0.29) is 27.7 Å². The second-order valence-corrected chi connectivity index (χ2v) is 9.24. The summed E-state index contributed by atoms with van der Waals surface area (Å²) in [6, 6.07) is 8.33. The quantitative estimate of drug-likeness (QED) is 0.349. The summed E-state index contributed by atoms with van der Waals surface area (Å²) in [5.41, 5.74) is 6.25. The van der Waals surface area contributed by atoms with Crippen LogP contribution in [0.5, 0.6) is 0 Å². The van der Waals surface area contributed by atoms with Crippen LogP contribution in [0.2, 0.25) is 0 Å². The third kappa shape index (κ3) is 4.89. The molecule has 0 amide bonds. The first-order valence-electron chi connectivity index (χ1n) is 9.19. The number of ketones is 1. The van der Waals surface area contributed by atoms with Crippen LogP contribution in [0.15, 0.2) is 45.6 Å². The number of rotatable bonds is 9. The van der Waals surface area contributed by atoms with Gasteiger partial charge in [-0.2, -0.15) is 9.57 Å². The number of benzene rings is 1. The first-order valence-corrected chi connectivity index (χ1v) is 11.6. The van der Waals surface area contributed by atoms with Crippen LogP contribution >= 0.6 is 11.8 Å². The largest absolute Gasteiger partial charge is 0.401 e. The molecule has 2 N–H and O–H groups in total. The third-order valence-corrected chi connectivity index (χ3v) is 7.45. The summed E-state index contributed by atoms with van der Waals surface area (Å²) in [5, 5.41) is 17.7. The van der Waals surface area contributed by atoms with Gasteiger partial charge >= 0.3 is 0 Å². The molecule has 9 nitrogen and oxygen atoms in total. The Kier molecular flexibility index (Phi) is 7.77. The summed E-state index contributed by atoms with van der Waals surface area (Å²) in [6.07, 6.45) is 0.